The van der Waals surface area contributed by atoms with Crippen LogP contribution in [0.4, 0.5) is 0 Å². The number of nitrogens with zero attached hydrogens (tertiary/aromatic N) is 2. The van der Waals surface area contributed by atoms with E-state index in [2.05, 4.69) is 34.4 Å². The van der Waals surface area contributed by atoms with Gasteiger partial charge < -0.3 is 5.32 Å². The lowest BCUT2D eigenvalue weighted by Gasteiger charge is -2.37. The van der Waals surface area contributed by atoms with Crippen LogP contribution in [0.1, 0.15) is 38.4 Å². The lowest BCUT2D eigenvalue weighted by Crippen LogP contribution is -2.46. The predicted molar refractivity (Wildman–Crippen MR) is 68.8 cm³/mol. The van der Waals surface area contributed by atoms with Crippen molar-refractivity contribution >= 4 is 11.3 Å². The molecule has 0 saturated carbocycles. The number of rotatable bonds is 4. The van der Waals surface area contributed by atoms with E-state index in [-0.39, 0.29) is 0 Å². The Morgan fingerprint density at radius 2 is 2.56 bits per heavy atom. The zero-order chi connectivity index (χ0) is 11.4. The maximum Gasteiger partial charge on any atom is 0.0795 e. The fourth-order valence-corrected chi connectivity index (χ4v) is 3.20. The van der Waals surface area contributed by atoms with E-state index in [1.807, 2.05) is 5.51 Å². The van der Waals surface area contributed by atoms with Crippen LogP contribution in [0.25, 0.3) is 0 Å². The summed E-state index contributed by atoms with van der Waals surface area (Å²) in [6.07, 6.45) is 2.61. The summed E-state index contributed by atoms with van der Waals surface area (Å²) in [6, 6.07) is 1.12. The van der Waals surface area contributed by atoms with Crippen LogP contribution < -0.4 is 5.32 Å². The lowest BCUT2D eigenvalue weighted by molar-refractivity contribution is 0.126. The molecule has 1 N–H and O–H groups in total. The molecule has 0 amide bonds. The first-order valence-corrected chi connectivity index (χ1v) is 7.11. The van der Waals surface area contributed by atoms with E-state index in [1.165, 1.54) is 25.1 Å². The highest BCUT2D eigenvalue weighted by molar-refractivity contribution is 7.07. The molecule has 1 aliphatic rings. The SMILES string of the molecule is CCN(C1CCCNC1)C(C)c1cscn1. The van der Waals surface area contributed by atoms with Crippen LogP contribution in [0.3, 0.4) is 0 Å². The van der Waals surface area contributed by atoms with Crippen molar-refractivity contribution in [3.63, 3.8) is 0 Å². The predicted octanol–water partition coefficient (Wildman–Crippen LogP) is 2.28. The standard InChI is InChI=1S/C12H21N3S/c1-3-15(11-5-4-6-13-7-11)10(2)12-8-16-9-14-12/h8-11,13H,3-7H2,1-2H3. The number of hydrogen-bond donors (Lipinski definition) is 1. The maximum atomic E-state index is 4.44. The molecule has 0 spiro atoms. The van der Waals surface area contributed by atoms with Crippen molar-refractivity contribution in [2.24, 2.45) is 0 Å². The molecule has 2 heterocycles. The number of nitrogens with one attached hydrogen (secondary N) is 1. The zero-order valence-corrected chi connectivity index (χ0v) is 11.0. The molecular weight excluding hydrogens is 218 g/mol. The quantitative estimate of drug-likeness (QED) is 0.873. The van der Waals surface area contributed by atoms with Crippen LogP contribution in [-0.2, 0) is 0 Å². The minimum absolute atomic E-state index is 0.446. The van der Waals surface area contributed by atoms with Crippen molar-refractivity contribution < 1.29 is 0 Å². The Kier molecular flexibility index (Phi) is 4.32. The van der Waals surface area contributed by atoms with E-state index in [0.29, 0.717) is 12.1 Å². The number of piperidine rings is 1. The molecule has 1 aromatic heterocycles. The van der Waals surface area contributed by atoms with Gasteiger partial charge in [-0.05, 0) is 32.9 Å². The van der Waals surface area contributed by atoms with Crippen LogP contribution in [-0.4, -0.2) is 35.6 Å². The second-order valence-corrected chi connectivity index (χ2v) is 5.14. The molecule has 2 rings (SSSR count). The molecule has 0 radical (unpaired) electrons. The first-order valence-electron chi connectivity index (χ1n) is 6.17. The second kappa shape index (κ2) is 5.75. The first-order chi connectivity index (χ1) is 7.83. The van der Waals surface area contributed by atoms with Gasteiger partial charge in [0.25, 0.3) is 0 Å². The van der Waals surface area contributed by atoms with Crippen molar-refractivity contribution in [1.82, 2.24) is 15.2 Å². The summed E-state index contributed by atoms with van der Waals surface area (Å²) in [5, 5.41) is 5.66. The Labute approximate surface area is 102 Å². The van der Waals surface area contributed by atoms with Crippen LogP contribution in [0, 0.1) is 0 Å². The van der Waals surface area contributed by atoms with Gasteiger partial charge in [0, 0.05) is 18.0 Å². The average Bonchev–Trinajstić information content (AvgIpc) is 2.85. The number of aromatic nitrogens is 1. The van der Waals surface area contributed by atoms with Crippen molar-refractivity contribution in [3.8, 4) is 0 Å². The Bertz CT molecular complexity index is 293. The molecule has 2 atom stereocenters. The maximum absolute atomic E-state index is 4.44. The van der Waals surface area contributed by atoms with E-state index in [4.69, 9.17) is 0 Å². The minimum atomic E-state index is 0.446. The lowest BCUT2D eigenvalue weighted by atomic mass is 10.0. The number of hydrogen-bond acceptors (Lipinski definition) is 4. The molecule has 1 saturated heterocycles. The van der Waals surface area contributed by atoms with E-state index >= 15 is 0 Å². The van der Waals surface area contributed by atoms with E-state index < -0.39 is 0 Å². The fourth-order valence-electron chi connectivity index (χ4n) is 2.56. The van der Waals surface area contributed by atoms with Crippen molar-refractivity contribution in [2.45, 2.75) is 38.8 Å². The highest BCUT2D eigenvalue weighted by Gasteiger charge is 2.25. The van der Waals surface area contributed by atoms with Gasteiger partial charge in [-0.1, -0.05) is 6.92 Å². The van der Waals surface area contributed by atoms with Gasteiger partial charge in [0.1, 0.15) is 0 Å². The largest absolute Gasteiger partial charge is 0.315 e. The van der Waals surface area contributed by atoms with Gasteiger partial charge >= 0.3 is 0 Å². The van der Waals surface area contributed by atoms with Crippen LogP contribution in [0.2, 0.25) is 0 Å². The molecule has 3 nitrogen and oxygen atoms in total. The summed E-state index contributed by atoms with van der Waals surface area (Å²) in [7, 11) is 0. The molecule has 16 heavy (non-hydrogen) atoms. The molecule has 2 unspecified atom stereocenters. The molecule has 1 aliphatic heterocycles. The number of thiazole rings is 1. The Morgan fingerprint density at radius 3 is 3.12 bits per heavy atom. The molecule has 4 heteroatoms. The van der Waals surface area contributed by atoms with Crippen LogP contribution in [0.5, 0.6) is 0 Å². The molecule has 0 aliphatic carbocycles. The van der Waals surface area contributed by atoms with Crippen molar-refractivity contribution in [2.75, 3.05) is 19.6 Å². The van der Waals surface area contributed by atoms with E-state index in [0.717, 1.165) is 13.1 Å². The second-order valence-electron chi connectivity index (χ2n) is 4.42. The monoisotopic (exact) mass is 239 g/mol. The average molecular weight is 239 g/mol. The summed E-state index contributed by atoms with van der Waals surface area (Å²) in [6.45, 7) is 7.93. The molecule has 0 bridgehead atoms. The summed E-state index contributed by atoms with van der Waals surface area (Å²) in [4.78, 5) is 7.01. The summed E-state index contributed by atoms with van der Waals surface area (Å²) < 4.78 is 0. The third-order valence-corrected chi connectivity index (χ3v) is 4.09. The Morgan fingerprint density at radius 1 is 1.69 bits per heavy atom. The van der Waals surface area contributed by atoms with Crippen LogP contribution >= 0.6 is 11.3 Å². The molecule has 1 aromatic rings. The van der Waals surface area contributed by atoms with Gasteiger partial charge in [-0.25, -0.2) is 4.98 Å². The van der Waals surface area contributed by atoms with Gasteiger partial charge in [-0.2, -0.15) is 0 Å². The number of likely N-dealkylation sites (N-methyl/N-ethyl adjacent to an activating group) is 1. The molecule has 90 valence electrons. The van der Waals surface area contributed by atoms with Crippen molar-refractivity contribution in [3.05, 3.63) is 16.6 Å². The van der Waals surface area contributed by atoms with Gasteiger partial charge in [-0.15, -0.1) is 11.3 Å². The highest BCUT2D eigenvalue weighted by atomic mass is 32.1. The van der Waals surface area contributed by atoms with Gasteiger partial charge in [0.2, 0.25) is 0 Å². The molecule has 1 fully saturated rings. The first kappa shape index (κ1) is 12.0. The summed E-state index contributed by atoms with van der Waals surface area (Å²) in [5.74, 6) is 0. The minimum Gasteiger partial charge on any atom is -0.315 e. The smallest absolute Gasteiger partial charge is 0.0795 e. The molecule has 0 aromatic carbocycles. The summed E-state index contributed by atoms with van der Waals surface area (Å²) >= 11 is 1.69. The fraction of sp³-hybridized carbons (Fsp3) is 0.750. The van der Waals surface area contributed by atoms with Crippen molar-refractivity contribution in [1.29, 1.82) is 0 Å². The highest BCUT2D eigenvalue weighted by Crippen LogP contribution is 2.24. The zero-order valence-electron chi connectivity index (χ0n) is 10.1. The van der Waals surface area contributed by atoms with Gasteiger partial charge in [0.15, 0.2) is 0 Å². The Hall–Kier alpha value is -0.450. The Balaban J connectivity index is 2.03. The van der Waals surface area contributed by atoms with Crippen LogP contribution in [0.15, 0.2) is 10.9 Å². The van der Waals surface area contributed by atoms with E-state index in [9.17, 15) is 0 Å². The molecular formula is C12H21N3S. The third-order valence-electron chi connectivity index (χ3n) is 3.48. The third kappa shape index (κ3) is 2.62. The topological polar surface area (TPSA) is 28.2 Å². The van der Waals surface area contributed by atoms with Gasteiger partial charge in [-0.3, -0.25) is 4.90 Å². The normalized spacial score (nSPS) is 23.6. The summed E-state index contributed by atoms with van der Waals surface area (Å²) in [5.41, 5.74) is 3.15. The van der Waals surface area contributed by atoms with E-state index in [1.54, 1.807) is 11.3 Å². The van der Waals surface area contributed by atoms with Gasteiger partial charge in [0.05, 0.1) is 17.2 Å².